The third-order valence-electron chi connectivity index (χ3n) is 1.54. The number of nitrogens with two attached hydrogens (primary N) is 1. The van der Waals surface area contributed by atoms with Crippen LogP contribution in [0.1, 0.15) is 6.92 Å². The summed E-state index contributed by atoms with van der Waals surface area (Å²) in [6.07, 6.45) is 1.50. The lowest BCUT2D eigenvalue weighted by molar-refractivity contribution is 0.281. The first kappa shape index (κ1) is 10.1. The molecule has 4 nitrogen and oxygen atoms in total. The van der Waals surface area contributed by atoms with Gasteiger partial charge in [0.25, 0.3) is 0 Å². The Hall–Kier alpha value is -1.00. The van der Waals surface area contributed by atoms with Gasteiger partial charge in [-0.15, -0.1) is 0 Å². The fourth-order valence-corrected chi connectivity index (χ4v) is 1.02. The molecule has 0 aliphatic heterocycles. The summed E-state index contributed by atoms with van der Waals surface area (Å²) in [5, 5.41) is 12.2. The lowest BCUT2D eigenvalue weighted by Gasteiger charge is -2.12. The molecule has 72 valence electrons. The lowest BCUT2D eigenvalue weighted by Crippen LogP contribution is -2.20. The number of nitrogens with zero attached hydrogens (tertiary/aromatic N) is 1. The van der Waals surface area contributed by atoms with Crippen LogP contribution in [-0.2, 0) is 0 Å². The normalized spacial score (nSPS) is 12.5. The van der Waals surface area contributed by atoms with E-state index in [0.29, 0.717) is 16.5 Å². The lowest BCUT2D eigenvalue weighted by atomic mass is 10.3. The highest BCUT2D eigenvalue weighted by molar-refractivity contribution is 6.30. The second-order valence-electron chi connectivity index (χ2n) is 2.82. The molecule has 1 heterocycles. The molecule has 0 spiro atoms. The quantitative estimate of drug-likeness (QED) is 0.685. The molecule has 0 aliphatic rings. The Morgan fingerprint density at radius 3 is 3.00 bits per heavy atom. The van der Waals surface area contributed by atoms with Crippen molar-refractivity contribution in [2.24, 2.45) is 0 Å². The van der Waals surface area contributed by atoms with E-state index < -0.39 is 0 Å². The van der Waals surface area contributed by atoms with Crippen molar-refractivity contribution in [2.45, 2.75) is 13.0 Å². The number of aromatic nitrogens is 1. The SMILES string of the molecule is CC(CO)Nc1ncc(Cl)cc1N. The Bertz CT molecular complexity index is 293. The van der Waals surface area contributed by atoms with Crippen LogP contribution < -0.4 is 11.1 Å². The minimum atomic E-state index is -0.0732. The molecule has 0 bridgehead atoms. The monoisotopic (exact) mass is 201 g/mol. The number of aliphatic hydroxyl groups excluding tert-OH is 1. The van der Waals surface area contributed by atoms with Gasteiger partial charge in [0.1, 0.15) is 5.82 Å². The number of hydrogen-bond acceptors (Lipinski definition) is 4. The number of rotatable bonds is 3. The third kappa shape index (κ3) is 2.75. The van der Waals surface area contributed by atoms with Crippen molar-refractivity contribution < 1.29 is 5.11 Å². The molecule has 0 fully saturated rings. The predicted molar refractivity (Wildman–Crippen MR) is 53.8 cm³/mol. The molecule has 13 heavy (non-hydrogen) atoms. The topological polar surface area (TPSA) is 71.2 Å². The first-order valence-electron chi connectivity index (χ1n) is 3.92. The van der Waals surface area contributed by atoms with Crippen LogP contribution in [0.4, 0.5) is 11.5 Å². The van der Waals surface area contributed by atoms with E-state index in [9.17, 15) is 0 Å². The van der Waals surface area contributed by atoms with E-state index in [0.717, 1.165) is 0 Å². The number of halogens is 1. The molecule has 1 atom stereocenters. The van der Waals surface area contributed by atoms with Crippen molar-refractivity contribution in [2.75, 3.05) is 17.7 Å². The summed E-state index contributed by atoms with van der Waals surface area (Å²) < 4.78 is 0. The van der Waals surface area contributed by atoms with Crippen LogP contribution in [-0.4, -0.2) is 22.7 Å². The summed E-state index contributed by atoms with van der Waals surface area (Å²) in [4.78, 5) is 3.99. The molecule has 4 N–H and O–H groups in total. The molecular formula is C8H12ClN3O. The molecule has 0 aliphatic carbocycles. The molecule has 0 aromatic carbocycles. The number of anilines is 2. The highest BCUT2D eigenvalue weighted by atomic mass is 35.5. The van der Waals surface area contributed by atoms with Crippen molar-refractivity contribution in [3.05, 3.63) is 17.3 Å². The summed E-state index contributed by atoms with van der Waals surface area (Å²) in [5.74, 6) is 0.547. The third-order valence-corrected chi connectivity index (χ3v) is 1.75. The van der Waals surface area contributed by atoms with Gasteiger partial charge in [-0.3, -0.25) is 0 Å². The zero-order valence-electron chi connectivity index (χ0n) is 7.29. The predicted octanol–water partition coefficient (Wildman–Crippen LogP) is 1.11. The highest BCUT2D eigenvalue weighted by Crippen LogP contribution is 2.19. The minimum absolute atomic E-state index is 0.0315. The van der Waals surface area contributed by atoms with Gasteiger partial charge < -0.3 is 16.2 Å². The average Bonchev–Trinajstić information content (AvgIpc) is 2.09. The van der Waals surface area contributed by atoms with E-state index in [1.54, 1.807) is 6.07 Å². The van der Waals surface area contributed by atoms with E-state index in [4.69, 9.17) is 22.4 Å². The minimum Gasteiger partial charge on any atom is -0.396 e. The van der Waals surface area contributed by atoms with E-state index in [-0.39, 0.29) is 12.6 Å². The van der Waals surface area contributed by atoms with E-state index >= 15 is 0 Å². The second-order valence-corrected chi connectivity index (χ2v) is 3.26. The number of aliphatic hydroxyl groups is 1. The van der Waals surface area contributed by atoms with Gasteiger partial charge in [-0.2, -0.15) is 0 Å². The Balaban J connectivity index is 2.77. The van der Waals surface area contributed by atoms with Crippen LogP contribution in [0.2, 0.25) is 5.02 Å². The summed E-state index contributed by atoms with van der Waals surface area (Å²) in [6.45, 7) is 1.86. The van der Waals surface area contributed by atoms with Crippen molar-refractivity contribution in [1.82, 2.24) is 4.98 Å². The van der Waals surface area contributed by atoms with Gasteiger partial charge in [-0.05, 0) is 13.0 Å². The van der Waals surface area contributed by atoms with Crippen LogP contribution in [0.3, 0.4) is 0 Å². The van der Waals surface area contributed by atoms with E-state index in [1.165, 1.54) is 6.20 Å². The Morgan fingerprint density at radius 1 is 1.77 bits per heavy atom. The zero-order chi connectivity index (χ0) is 9.84. The summed E-state index contributed by atoms with van der Waals surface area (Å²) in [5.41, 5.74) is 6.11. The van der Waals surface area contributed by atoms with E-state index in [1.807, 2.05) is 6.92 Å². The fraction of sp³-hybridized carbons (Fsp3) is 0.375. The summed E-state index contributed by atoms with van der Waals surface area (Å²) >= 11 is 5.67. The number of nitrogen functional groups attached to an aromatic ring is 1. The molecule has 0 saturated heterocycles. The maximum Gasteiger partial charge on any atom is 0.149 e. The molecule has 1 aromatic heterocycles. The van der Waals surface area contributed by atoms with Gasteiger partial charge >= 0.3 is 0 Å². The molecule has 1 aromatic rings. The van der Waals surface area contributed by atoms with Gasteiger partial charge in [-0.25, -0.2) is 4.98 Å². The maximum atomic E-state index is 8.78. The molecule has 0 amide bonds. The smallest absolute Gasteiger partial charge is 0.149 e. The van der Waals surface area contributed by atoms with Gasteiger partial charge in [0.15, 0.2) is 0 Å². The van der Waals surface area contributed by atoms with E-state index in [2.05, 4.69) is 10.3 Å². The second kappa shape index (κ2) is 4.30. The Morgan fingerprint density at radius 2 is 2.46 bits per heavy atom. The molecular weight excluding hydrogens is 190 g/mol. The summed E-state index contributed by atoms with van der Waals surface area (Å²) in [7, 11) is 0. The zero-order valence-corrected chi connectivity index (χ0v) is 8.04. The molecule has 5 heteroatoms. The van der Waals surface area contributed by atoms with Crippen molar-refractivity contribution >= 4 is 23.1 Å². The Labute approximate surface area is 81.7 Å². The maximum absolute atomic E-state index is 8.78. The van der Waals surface area contributed by atoms with Gasteiger partial charge in [0.05, 0.1) is 17.3 Å². The average molecular weight is 202 g/mol. The van der Waals surface area contributed by atoms with Crippen LogP contribution >= 0.6 is 11.6 Å². The van der Waals surface area contributed by atoms with Crippen molar-refractivity contribution in [1.29, 1.82) is 0 Å². The molecule has 1 unspecified atom stereocenters. The van der Waals surface area contributed by atoms with Gasteiger partial charge in [-0.1, -0.05) is 11.6 Å². The number of pyridine rings is 1. The van der Waals surface area contributed by atoms with Gasteiger partial charge in [0, 0.05) is 12.2 Å². The van der Waals surface area contributed by atoms with Crippen LogP contribution in [0.25, 0.3) is 0 Å². The molecule has 0 radical (unpaired) electrons. The highest BCUT2D eigenvalue weighted by Gasteiger charge is 2.04. The van der Waals surface area contributed by atoms with Crippen LogP contribution in [0.15, 0.2) is 12.3 Å². The first-order valence-corrected chi connectivity index (χ1v) is 4.29. The fourth-order valence-electron chi connectivity index (χ4n) is 0.855. The molecule has 0 saturated carbocycles. The number of nitrogens with one attached hydrogen (secondary N) is 1. The van der Waals surface area contributed by atoms with Gasteiger partial charge in [0.2, 0.25) is 0 Å². The number of hydrogen-bond donors (Lipinski definition) is 3. The van der Waals surface area contributed by atoms with Crippen LogP contribution in [0.5, 0.6) is 0 Å². The van der Waals surface area contributed by atoms with Crippen molar-refractivity contribution in [3.8, 4) is 0 Å². The van der Waals surface area contributed by atoms with Crippen LogP contribution in [0, 0.1) is 0 Å². The first-order chi connectivity index (χ1) is 6.13. The molecule has 1 rings (SSSR count). The Kier molecular flexibility index (Phi) is 3.33. The summed E-state index contributed by atoms with van der Waals surface area (Å²) in [6, 6.07) is 1.54. The van der Waals surface area contributed by atoms with Crippen molar-refractivity contribution in [3.63, 3.8) is 0 Å². The largest absolute Gasteiger partial charge is 0.396 e. The standard InChI is InChI=1S/C8H12ClN3O/c1-5(4-13)12-8-7(10)2-6(9)3-11-8/h2-3,5,13H,4,10H2,1H3,(H,11,12).